The molecule has 7 nitrogen and oxygen atoms in total. The van der Waals surface area contributed by atoms with E-state index in [-0.39, 0.29) is 0 Å². The zero-order chi connectivity index (χ0) is 49.8. The van der Waals surface area contributed by atoms with Gasteiger partial charge in [-0.25, -0.2) is 4.98 Å². The molecule has 0 spiro atoms. The fraction of sp³-hybridized carbons (Fsp3) is 0. The van der Waals surface area contributed by atoms with Gasteiger partial charge in [-0.05, 0) is 89.5 Å². The van der Waals surface area contributed by atoms with Gasteiger partial charge < -0.3 is 13.6 Å². The van der Waals surface area contributed by atoms with Crippen molar-refractivity contribution in [3.8, 4) is 62.4 Å². The maximum atomic E-state index is 6.87. The van der Waals surface area contributed by atoms with Crippen LogP contribution < -0.4 is 0 Å². The third kappa shape index (κ3) is 6.33. The lowest BCUT2D eigenvalue weighted by Crippen LogP contribution is -2.06. The molecule has 5 aromatic heterocycles. The number of aromatic nitrogens is 6. The summed E-state index contributed by atoms with van der Waals surface area (Å²) in [6.07, 6.45) is 0. The normalized spacial score (nSPS) is 11.9. The van der Waals surface area contributed by atoms with Gasteiger partial charge in [-0.2, -0.15) is 9.97 Å². The zero-order valence-electron chi connectivity index (χ0n) is 40.8. The van der Waals surface area contributed by atoms with Crippen LogP contribution in [0.25, 0.3) is 150 Å². The summed E-state index contributed by atoms with van der Waals surface area (Å²) in [5.74, 6) is 1.76. The minimum absolute atomic E-state index is 0.565. The summed E-state index contributed by atoms with van der Waals surface area (Å²) in [5, 5.41) is 9.24. The van der Waals surface area contributed by atoms with Gasteiger partial charge in [-0.1, -0.05) is 182 Å². The van der Waals surface area contributed by atoms with Crippen molar-refractivity contribution in [1.29, 1.82) is 0 Å². The lowest BCUT2D eigenvalue weighted by Gasteiger charge is -2.14. The van der Waals surface area contributed by atoms with Crippen LogP contribution in [0.3, 0.4) is 0 Å². The Hall–Kier alpha value is -10.4. The molecule has 0 N–H and O–H groups in total. The first-order valence-electron chi connectivity index (χ1n) is 25.7. The molecule has 16 aromatic rings. The van der Waals surface area contributed by atoms with Crippen molar-refractivity contribution in [3.05, 3.63) is 255 Å². The third-order valence-corrected chi connectivity index (χ3v) is 15.3. The van der Waals surface area contributed by atoms with Crippen molar-refractivity contribution in [2.45, 2.75) is 0 Å². The molecule has 0 radical (unpaired) electrons. The molecule has 0 aliphatic carbocycles. The van der Waals surface area contributed by atoms with E-state index in [1.807, 2.05) is 30.3 Å². The molecule has 76 heavy (non-hydrogen) atoms. The van der Waals surface area contributed by atoms with Crippen LogP contribution in [0.2, 0.25) is 0 Å². The largest absolute Gasteiger partial charge is 0.456 e. The molecule has 0 saturated heterocycles. The molecular formula is C69H42N6O. The van der Waals surface area contributed by atoms with E-state index >= 15 is 0 Å². The number of para-hydroxylation sites is 6. The first-order chi connectivity index (χ1) is 37.7. The van der Waals surface area contributed by atoms with Gasteiger partial charge in [0.15, 0.2) is 11.6 Å². The second-order valence-electron chi connectivity index (χ2n) is 19.5. The highest BCUT2D eigenvalue weighted by atomic mass is 16.3. The molecule has 0 amide bonds. The van der Waals surface area contributed by atoms with Crippen molar-refractivity contribution in [3.63, 3.8) is 0 Å². The van der Waals surface area contributed by atoms with Gasteiger partial charge in [-0.3, -0.25) is 4.57 Å². The monoisotopic (exact) mass is 970 g/mol. The molecule has 11 aromatic carbocycles. The molecule has 16 rings (SSSR count). The van der Waals surface area contributed by atoms with Crippen LogP contribution in [0.1, 0.15) is 0 Å². The summed E-state index contributed by atoms with van der Waals surface area (Å²) in [7, 11) is 0. The summed E-state index contributed by atoms with van der Waals surface area (Å²) < 4.78 is 13.9. The molecule has 0 atom stereocenters. The Labute approximate surface area is 435 Å². The van der Waals surface area contributed by atoms with E-state index in [1.165, 1.54) is 27.1 Å². The lowest BCUT2D eigenvalue weighted by molar-refractivity contribution is 0.669. The van der Waals surface area contributed by atoms with E-state index in [0.717, 1.165) is 105 Å². The second kappa shape index (κ2) is 16.6. The van der Waals surface area contributed by atoms with E-state index in [9.17, 15) is 0 Å². The Kier molecular flexibility index (Phi) is 9.20. The van der Waals surface area contributed by atoms with Gasteiger partial charge in [0, 0.05) is 65.5 Å². The summed E-state index contributed by atoms with van der Waals surface area (Å²) in [6.45, 7) is 0. The van der Waals surface area contributed by atoms with Crippen molar-refractivity contribution < 1.29 is 4.42 Å². The van der Waals surface area contributed by atoms with Crippen molar-refractivity contribution in [2.24, 2.45) is 0 Å². The van der Waals surface area contributed by atoms with E-state index in [1.54, 1.807) is 0 Å². The van der Waals surface area contributed by atoms with Gasteiger partial charge in [0.05, 0.1) is 38.8 Å². The van der Waals surface area contributed by atoms with Crippen molar-refractivity contribution in [1.82, 2.24) is 28.7 Å². The van der Waals surface area contributed by atoms with E-state index in [2.05, 4.69) is 238 Å². The molecule has 7 heteroatoms. The fourth-order valence-corrected chi connectivity index (χ4v) is 12.0. The van der Waals surface area contributed by atoms with Crippen molar-refractivity contribution in [2.75, 3.05) is 0 Å². The Morgan fingerprint density at radius 2 is 0.816 bits per heavy atom. The van der Waals surface area contributed by atoms with Crippen LogP contribution in [0.4, 0.5) is 0 Å². The molecule has 354 valence electrons. The third-order valence-electron chi connectivity index (χ3n) is 15.3. The second-order valence-corrected chi connectivity index (χ2v) is 19.5. The number of benzene rings is 11. The van der Waals surface area contributed by atoms with Crippen molar-refractivity contribution >= 4 is 87.4 Å². The van der Waals surface area contributed by atoms with E-state index in [4.69, 9.17) is 19.4 Å². The Morgan fingerprint density at radius 1 is 0.289 bits per heavy atom. The highest BCUT2D eigenvalue weighted by Crippen LogP contribution is 2.46. The van der Waals surface area contributed by atoms with E-state index in [0.29, 0.717) is 17.6 Å². The summed E-state index contributed by atoms with van der Waals surface area (Å²) >= 11 is 0. The number of nitrogens with zero attached hydrogens (tertiary/aromatic N) is 6. The number of hydrogen-bond acceptors (Lipinski definition) is 4. The predicted octanol–water partition coefficient (Wildman–Crippen LogP) is 17.7. The molecule has 5 heterocycles. The lowest BCUT2D eigenvalue weighted by atomic mass is 9.96. The van der Waals surface area contributed by atoms with Gasteiger partial charge in [0.1, 0.15) is 11.2 Å². The Morgan fingerprint density at radius 3 is 1.57 bits per heavy atom. The van der Waals surface area contributed by atoms with Crippen LogP contribution in [0, 0.1) is 0 Å². The average Bonchev–Trinajstić information content (AvgIpc) is 4.30. The van der Waals surface area contributed by atoms with Crippen LogP contribution in [0.5, 0.6) is 0 Å². The van der Waals surface area contributed by atoms with E-state index < -0.39 is 0 Å². The van der Waals surface area contributed by atoms with Gasteiger partial charge >= 0.3 is 0 Å². The molecule has 0 saturated carbocycles. The topological polar surface area (TPSA) is 66.6 Å². The number of fused-ring (bicyclic) bond motifs is 12. The van der Waals surface area contributed by atoms with Crippen LogP contribution in [0.15, 0.2) is 259 Å². The molecule has 0 bridgehead atoms. The summed E-state index contributed by atoms with van der Waals surface area (Å²) in [6, 6.07) is 90.3. The smallest absolute Gasteiger partial charge is 0.238 e. The Bertz CT molecular complexity index is 4950. The maximum absolute atomic E-state index is 6.87. The summed E-state index contributed by atoms with van der Waals surface area (Å²) in [4.78, 5) is 15.5. The standard InChI is InChI=1S/C69H42N6O/c1-3-19-43(20-4-1)67-70-68(72-69(71-67)75-57-33-12-7-25-48(57)49-26-8-13-34-58(49)75)46-22-15-21-44(41-46)45-39-40-55-63(42-45)76-62-38-17-29-51(64(55)62)53-31-16-30-52-50-27-9-11-32-56(50)74(66(52)53)61-37-18-36-60-65(61)54-28-10-14-35-59(54)73(60)47-23-5-2-6-24-47/h1-42H. The molecule has 0 aliphatic rings. The Balaban J connectivity index is 0.852. The molecule has 0 fully saturated rings. The maximum Gasteiger partial charge on any atom is 0.238 e. The first-order valence-corrected chi connectivity index (χ1v) is 25.7. The quantitative estimate of drug-likeness (QED) is 0.160. The van der Waals surface area contributed by atoms with Crippen LogP contribution in [-0.4, -0.2) is 28.7 Å². The van der Waals surface area contributed by atoms with Gasteiger partial charge in [0.2, 0.25) is 5.95 Å². The predicted molar refractivity (Wildman–Crippen MR) is 312 cm³/mol. The number of rotatable bonds is 7. The fourth-order valence-electron chi connectivity index (χ4n) is 12.0. The molecular weight excluding hydrogens is 929 g/mol. The minimum Gasteiger partial charge on any atom is -0.456 e. The number of hydrogen-bond donors (Lipinski definition) is 0. The SMILES string of the molecule is c1ccc(-c2nc(-c3cccc(-c4ccc5c(c4)oc4cccc(-c6cccc7c8ccccc8n(-c8cccc9c8c8ccccc8n9-c8ccccc8)c67)c45)c3)nc(-n3c4ccccc4c4ccccc43)n2)cc1. The van der Waals surface area contributed by atoms with Gasteiger partial charge in [0.25, 0.3) is 0 Å². The molecule has 0 aliphatic heterocycles. The van der Waals surface area contributed by atoms with Gasteiger partial charge in [-0.15, -0.1) is 0 Å². The summed E-state index contributed by atoms with van der Waals surface area (Å²) in [5.41, 5.74) is 16.7. The highest BCUT2D eigenvalue weighted by molar-refractivity contribution is 6.21. The minimum atomic E-state index is 0.565. The highest BCUT2D eigenvalue weighted by Gasteiger charge is 2.24. The first kappa shape index (κ1) is 42.2. The number of furan rings is 1. The van der Waals surface area contributed by atoms with Crippen LogP contribution >= 0.6 is 0 Å². The zero-order valence-corrected chi connectivity index (χ0v) is 40.8. The average molecular weight is 971 g/mol. The van der Waals surface area contributed by atoms with Crippen LogP contribution in [-0.2, 0) is 0 Å². The molecule has 0 unspecified atom stereocenters.